The van der Waals surface area contributed by atoms with Gasteiger partial charge in [-0.1, -0.05) is 60.3 Å². The fraction of sp³-hybridized carbons (Fsp3) is 0.143. The first-order chi connectivity index (χ1) is 13.3. The zero-order valence-corrected chi connectivity index (χ0v) is 16.2. The van der Waals surface area contributed by atoms with Crippen LogP contribution >= 0.6 is 23.1 Å². The molecule has 27 heavy (non-hydrogen) atoms. The van der Waals surface area contributed by atoms with Gasteiger partial charge in [-0.15, -0.1) is 11.3 Å². The number of aliphatic hydroxyl groups is 1. The molecular formula is C21H18N2O2S2. The van der Waals surface area contributed by atoms with Crippen LogP contribution in [0.3, 0.4) is 0 Å². The highest BCUT2D eigenvalue weighted by molar-refractivity contribution is 7.99. The molecule has 2 aromatic heterocycles. The lowest BCUT2D eigenvalue weighted by molar-refractivity contribution is 0.296. The summed E-state index contributed by atoms with van der Waals surface area (Å²) in [6.07, 6.45) is 0.660. The number of hydrogen-bond acceptors (Lipinski definition) is 5. The highest BCUT2D eigenvalue weighted by Gasteiger charge is 2.16. The van der Waals surface area contributed by atoms with Crippen molar-refractivity contribution < 1.29 is 5.11 Å². The predicted octanol–water partition coefficient (Wildman–Crippen LogP) is 4.59. The van der Waals surface area contributed by atoms with Crippen LogP contribution in [0, 0.1) is 0 Å². The number of aromatic nitrogens is 2. The average molecular weight is 395 g/mol. The quantitative estimate of drug-likeness (QED) is 0.295. The monoisotopic (exact) mass is 394 g/mol. The van der Waals surface area contributed by atoms with E-state index in [0.717, 1.165) is 21.0 Å². The first-order valence-electron chi connectivity index (χ1n) is 8.69. The average Bonchev–Trinajstić information content (AvgIpc) is 3.14. The summed E-state index contributed by atoms with van der Waals surface area (Å²) in [6, 6.07) is 21.6. The number of rotatable bonds is 6. The van der Waals surface area contributed by atoms with Gasteiger partial charge in [0, 0.05) is 17.2 Å². The fourth-order valence-electron chi connectivity index (χ4n) is 2.84. The molecule has 0 radical (unpaired) electrons. The Morgan fingerprint density at radius 3 is 2.44 bits per heavy atom. The molecule has 0 bridgehead atoms. The summed E-state index contributed by atoms with van der Waals surface area (Å²) in [5, 5.41) is 10.4. The number of nitrogens with zero attached hydrogens (tertiary/aromatic N) is 2. The van der Waals surface area contributed by atoms with Crippen molar-refractivity contribution in [2.24, 2.45) is 0 Å². The number of thioether (sulfide) groups is 1. The Labute approximate surface area is 165 Å². The zero-order chi connectivity index (χ0) is 18.6. The third-order valence-electron chi connectivity index (χ3n) is 4.14. The first kappa shape index (κ1) is 18.0. The molecule has 2 heterocycles. The van der Waals surface area contributed by atoms with Crippen LogP contribution in [-0.4, -0.2) is 27.0 Å². The van der Waals surface area contributed by atoms with Crippen molar-refractivity contribution in [3.05, 3.63) is 77.1 Å². The van der Waals surface area contributed by atoms with Crippen molar-refractivity contribution in [3.8, 4) is 16.1 Å². The second kappa shape index (κ2) is 8.08. The Kier molecular flexibility index (Phi) is 5.38. The third kappa shape index (κ3) is 3.69. The van der Waals surface area contributed by atoms with Gasteiger partial charge < -0.3 is 5.11 Å². The van der Waals surface area contributed by atoms with Crippen LogP contribution < -0.4 is 5.56 Å². The molecule has 4 rings (SSSR count). The van der Waals surface area contributed by atoms with Crippen LogP contribution in [0.15, 0.2) is 76.7 Å². The lowest BCUT2D eigenvalue weighted by Gasteiger charge is -2.11. The van der Waals surface area contributed by atoms with Crippen molar-refractivity contribution in [2.75, 3.05) is 12.4 Å². The van der Waals surface area contributed by atoms with E-state index in [1.165, 1.54) is 23.1 Å². The first-order valence-corrected chi connectivity index (χ1v) is 10.5. The van der Waals surface area contributed by atoms with Crippen LogP contribution in [0.2, 0.25) is 0 Å². The second-order valence-corrected chi connectivity index (χ2v) is 8.08. The van der Waals surface area contributed by atoms with E-state index >= 15 is 0 Å². The highest BCUT2D eigenvalue weighted by Crippen LogP contribution is 2.32. The van der Waals surface area contributed by atoms with Crippen molar-refractivity contribution in [1.29, 1.82) is 0 Å². The van der Waals surface area contributed by atoms with E-state index in [1.807, 2.05) is 66.7 Å². The number of thiophene rings is 1. The van der Waals surface area contributed by atoms with Crippen LogP contribution in [0.5, 0.6) is 0 Å². The lowest BCUT2D eigenvalue weighted by atomic mass is 10.2. The number of fused-ring (bicyclic) bond motifs is 1. The maximum absolute atomic E-state index is 13.3. The van der Waals surface area contributed by atoms with Crippen molar-refractivity contribution in [3.63, 3.8) is 0 Å². The number of hydrogen-bond donors (Lipinski definition) is 1. The standard InChI is InChI=1S/C21H18N2O2S2/c24-12-7-13-26-21-22-19-17(14-18(27-19)15-8-3-1-4-9-15)20(25)23(21)16-10-5-2-6-11-16/h1-6,8-11,14,24H,7,12-13H2. The summed E-state index contributed by atoms with van der Waals surface area (Å²) >= 11 is 3.03. The minimum Gasteiger partial charge on any atom is -0.396 e. The van der Waals surface area contributed by atoms with Gasteiger partial charge in [0.15, 0.2) is 5.16 Å². The minimum absolute atomic E-state index is 0.0591. The smallest absolute Gasteiger partial charge is 0.267 e. The van der Waals surface area contributed by atoms with E-state index in [9.17, 15) is 4.79 Å². The van der Waals surface area contributed by atoms with Gasteiger partial charge in [-0.05, 0) is 30.2 Å². The van der Waals surface area contributed by atoms with Crippen LogP contribution in [0.25, 0.3) is 26.3 Å². The summed E-state index contributed by atoms with van der Waals surface area (Å²) in [4.78, 5) is 19.9. The Balaban J connectivity index is 1.89. The molecule has 136 valence electrons. The SMILES string of the molecule is O=c1c2cc(-c3ccccc3)sc2nc(SCCCO)n1-c1ccccc1. The van der Waals surface area contributed by atoms with E-state index < -0.39 is 0 Å². The Morgan fingerprint density at radius 1 is 1.04 bits per heavy atom. The summed E-state index contributed by atoms with van der Waals surface area (Å²) in [7, 11) is 0. The third-order valence-corrected chi connectivity index (χ3v) is 6.24. The van der Waals surface area contributed by atoms with E-state index in [2.05, 4.69) is 0 Å². The molecule has 1 N–H and O–H groups in total. The molecule has 0 aliphatic carbocycles. The molecule has 0 spiro atoms. The molecule has 0 atom stereocenters. The summed E-state index contributed by atoms with van der Waals surface area (Å²) < 4.78 is 1.67. The van der Waals surface area contributed by atoms with Gasteiger partial charge in [0.05, 0.1) is 11.1 Å². The van der Waals surface area contributed by atoms with E-state index in [1.54, 1.807) is 4.57 Å². The van der Waals surface area contributed by atoms with E-state index in [4.69, 9.17) is 10.1 Å². The Bertz CT molecular complexity index is 1110. The van der Waals surface area contributed by atoms with Crippen LogP contribution in [-0.2, 0) is 0 Å². The maximum atomic E-state index is 13.3. The van der Waals surface area contributed by atoms with Crippen LogP contribution in [0.4, 0.5) is 0 Å². The molecule has 0 unspecified atom stereocenters. The molecule has 6 heteroatoms. The zero-order valence-electron chi connectivity index (χ0n) is 14.5. The molecule has 0 fully saturated rings. The molecule has 0 saturated carbocycles. The molecular weight excluding hydrogens is 376 g/mol. The van der Waals surface area contributed by atoms with Gasteiger partial charge in [0.25, 0.3) is 5.56 Å². The molecule has 4 nitrogen and oxygen atoms in total. The fourth-order valence-corrected chi connectivity index (χ4v) is 4.85. The molecule has 0 amide bonds. The maximum Gasteiger partial charge on any atom is 0.267 e. The largest absolute Gasteiger partial charge is 0.396 e. The van der Waals surface area contributed by atoms with Gasteiger partial charge in [0.2, 0.25) is 0 Å². The van der Waals surface area contributed by atoms with Gasteiger partial charge in [0.1, 0.15) is 4.83 Å². The number of para-hydroxylation sites is 1. The molecule has 2 aromatic carbocycles. The Hall–Kier alpha value is -2.41. The van der Waals surface area contributed by atoms with Crippen molar-refractivity contribution in [1.82, 2.24) is 9.55 Å². The van der Waals surface area contributed by atoms with Gasteiger partial charge in [-0.3, -0.25) is 9.36 Å². The molecule has 0 aliphatic rings. The summed E-state index contributed by atoms with van der Waals surface area (Å²) in [6.45, 7) is 0.127. The van der Waals surface area contributed by atoms with Gasteiger partial charge in [-0.25, -0.2) is 4.98 Å². The van der Waals surface area contributed by atoms with Gasteiger partial charge >= 0.3 is 0 Å². The normalized spacial score (nSPS) is 11.1. The van der Waals surface area contributed by atoms with E-state index in [-0.39, 0.29) is 12.2 Å². The highest BCUT2D eigenvalue weighted by atomic mass is 32.2. The van der Waals surface area contributed by atoms with Gasteiger partial charge in [-0.2, -0.15) is 0 Å². The van der Waals surface area contributed by atoms with Crippen LogP contribution in [0.1, 0.15) is 6.42 Å². The lowest BCUT2D eigenvalue weighted by Crippen LogP contribution is -2.21. The molecule has 4 aromatic rings. The summed E-state index contributed by atoms with van der Waals surface area (Å²) in [5.74, 6) is 0.707. The number of aliphatic hydroxyl groups excluding tert-OH is 1. The molecule has 0 aliphatic heterocycles. The minimum atomic E-state index is -0.0591. The summed E-state index contributed by atoms with van der Waals surface area (Å²) in [5.41, 5.74) is 1.83. The second-order valence-electron chi connectivity index (χ2n) is 5.99. The van der Waals surface area contributed by atoms with E-state index in [0.29, 0.717) is 22.7 Å². The van der Waals surface area contributed by atoms with Crippen molar-refractivity contribution in [2.45, 2.75) is 11.6 Å². The predicted molar refractivity (Wildman–Crippen MR) is 113 cm³/mol. The topological polar surface area (TPSA) is 55.1 Å². The van der Waals surface area contributed by atoms with Crippen molar-refractivity contribution >= 4 is 33.3 Å². The Morgan fingerprint density at radius 2 is 1.74 bits per heavy atom. The number of benzene rings is 2. The molecule has 0 saturated heterocycles.